The summed E-state index contributed by atoms with van der Waals surface area (Å²) < 4.78 is 5.02. The second kappa shape index (κ2) is 7.22. The molecule has 0 heterocycles. The van der Waals surface area contributed by atoms with E-state index in [9.17, 15) is 19.7 Å². The quantitative estimate of drug-likeness (QED) is 0.624. The third-order valence-corrected chi connectivity index (χ3v) is 2.60. The van der Waals surface area contributed by atoms with Gasteiger partial charge >= 0.3 is 0 Å². The number of carbonyl (C=O) groups is 2. The molecule has 0 aromatic heterocycles. The normalized spacial score (nSPS) is 11.5. The molecule has 1 N–H and O–H groups in total. The Balaban J connectivity index is 2.62. The number of imide groups is 1. The number of hydrogen-bond acceptors (Lipinski definition) is 5. The zero-order chi connectivity index (χ0) is 15.1. The van der Waals surface area contributed by atoms with Crippen LogP contribution in [0, 0.1) is 16.0 Å². The average Bonchev–Trinajstić information content (AvgIpc) is 2.37. The van der Waals surface area contributed by atoms with Gasteiger partial charge in [-0.1, -0.05) is 19.1 Å². The average molecular weight is 280 g/mol. The van der Waals surface area contributed by atoms with E-state index in [0.29, 0.717) is 5.75 Å². The molecule has 0 spiro atoms. The van der Waals surface area contributed by atoms with Crippen LogP contribution < -0.4 is 10.1 Å². The minimum absolute atomic E-state index is 0.0815. The molecule has 7 heteroatoms. The summed E-state index contributed by atoms with van der Waals surface area (Å²) in [6, 6.07) is 6.49. The van der Waals surface area contributed by atoms with Crippen molar-refractivity contribution >= 4 is 11.8 Å². The predicted octanol–water partition coefficient (Wildman–Crippen LogP) is 1.25. The van der Waals surface area contributed by atoms with Crippen LogP contribution in [-0.4, -0.2) is 30.4 Å². The summed E-state index contributed by atoms with van der Waals surface area (Å²) in [7, 11) is 1.42. The Morgan fingerprint density at radius 1 is 1.40 bits per heavy atom. The molecule has 0 aliphatic rings. The van der Waals surface area contributed by atoms with E-state index >= 15 is 0 Å². The number of nitrogens with one attached hydrogen (secondary N) is 1. The molecular formula is C13H16N2O5. The predicted molar refractivity (Wildman–Crippen MR) is 71.1 cm³/mol. The number of para-hydroxylation sites is 1. The minimum Gasteiger partial charge on any atom is -0.496 e. The lowest BCUT2D eigenvalue weighted by molar-refractivity contribution is -0.487. The lowest BCUT2D eigenvalue weighted by Crippen LogP contribution is -2.32. The molecule has 1 aromatic rings. The highest BCUT2D eigenvalue weighted by atomic mass is 16.6. The van der Waals surface area contributed by atoms with Crippen molar-refractivity contribution in [2.75, 3.05) is 13.7 Å². The van der Waals surface area contributed by atoms with Gasteiger partial charge < -0.3 is 4.74 Å². The van der Waals surface area contributed by atoms with Crippen LogP contribution in [0.5, 0.6) is 5.75 Å². The lowest BCUT2D eigenvalue weighted by atomic mass is 10.1. The topological polar surface area (TPSA) is 98.5 Å². The van der Waals surface area contributed by atoms with Crippen LogP contribution in [0.4, 0.5) is 0 Å². The van der Waals surface area contributed by atoms with Gasteiger partial charge in [-0.2, -0.15) is 0 Å². The maximum Gasteiger partial charge on any atom is 0.261 e. The molecule has 0 saturated heterocycles. The molecular weight excluding hydrogens is 264 g/mol. The Morgan fingerprint density at radius 2 is 2.05 bits per heavy atom. The van der Waals surface area contributed by atoms with Crippen molar-refractivity contribution in [1.29, 1.82) is 0 Å². The van der Waals surface area contributed by atoms with E-state index in [1.807, 2.05) is 0 Å². The second-order valence-corrected chi connectivity index (χ2v) is 4.40. The molecule has 0 aliphatic carbocycles. The molecule has 0 bridgehead atoms. The number of rotatable bonds is 6. The zero-order valence-corrected chi connectivity index (χ0v) is 11.3. The van der Waals surface area contributed by atoms with Gasteiger partial charge in [-0.15, -0.1) is 0 Å². The zero-order valence-electron chi connectivity index (χ0n) is 11.3. The van der Waals surface area contributed by atoms with Crippen molar-refractivity contribution in [2.24, 2.45) is 5.92 Å². The van der Waals surface area contributed by atoms with Crippen molar-refractivity contribution < 1.29 is 19.2 Å². The van der Waals surface area contributed by atoms with Crippen molar-refractivity contribution in [3.63, 3.8) is 0 Å². The summed E-state index contributed by atoms with van der Waals surface area (Å²) in [5.74, 6) is -1.21. The van der Waals surface area contributed by atoms with Gasteiger partial charge in [0.05, 0.1) is 12.7 Å². The molecule has 1 rings (SSSR count). The number of nitro groups is 1. The standard InChI is InChI=1S/C13H16N2O5/c1-9(8-15(18)19)7-12(16)14-13(17)10-5-3-4-6-11(10)20-2/h3-6,9H,7-8H2,1-2H3,(H,14,16,17)/t9-/m0/s1. The lowest BCUT2D eigenvalue weighted by Gasteiger charge is -2.09. The summed E-state index contributed by atoms with van der Waals surface area (Å²) in [6.07, 6.45) is -0.0815. The summed E-state index contributed by atoms with van der Waals surface area (Å²) in [5, 5.41) is 12.5. The number of hydrogen-bond donors (Lipinski definition) is 1. The number of benzene rings is 1. The van der Waals surface area contributed by atoms with Gasteiger partial charge in [0.1, 0.15) is 5.75 Å². The monoisotopic (exact) mass is 280 g/mol. The highest BCUT2D eigenvalue weighted by Gasteiger charge is 2.18. The van der Waals surface area contributed by atoms with Crippen LogP contribution in [0.3, 0.4) is 0 Å². The van der Waals surface area contributed by atoms with E-state index in [1.165, 1.54) is 13.2 Å². The number of nitrogens with zero attached hydrogens (tertiary/aromatic N) is 1. The Bertz CT molecular complexity index is 515. The molecule has 7 nitrogen and oxygen atoms in total. The number of methoxy groups -OCH3 is 1. The molecule has 0 saturated carbocycles. The Kier molecular flexibility index (Phi) is 5.64. The van der Waals surface area contributed by atoms with Crippen molar-refractivity contribution in [3.05, 3.63) is 39.9 Å². The van der Waals surface area contributed by atoms with E-state index in [1.54, 1.807) is 25.1 Å². The van der Waals surface area contributed by atoms with Gasteiger partial charge in [-0.3, -0.25) is 25.0 Å². The highest BCUT2D eigenvalue weighted by molar-refractivity contribution is 6.06. The van der Waals surface area contributed by atoms with E-state index in [-0.39, 0.29) is 18.5 Å². The van der Waals surface area contributed by atoms with E-state index in [0.717, 1.165) is 0 Å². The maximum absolute atomic E-state index is 11.9. The van der Waals surface area contributed by atoms with Crippen LogP contribution in [0.2, 0.25) is 0 Å². The fourth-order valence-corrected chi connectivity index (χ4v) is 1.71. The van der Waals surface area contributed by atoms with Gasteiger partial charge in [0, 0.05) is 17.3 Å². The third kappa shape index (κ3) is 4.68. The number of carbonyl (C=O) groups excluding carboxylic acids is 2. The summed E-state index contributed by atoms with van der Waals surface area (Å²) in [4.78, 5) is 33.3. The van der Waals surface area contributed by atoms with Gasteiger partial charge in [0.25, 0.3) is 5.91 Å². The molecule has 108 valence electrons. The first-order valence-electron chi connectivity index (χ1n) is 6.03. The van der Waals surface area contributed by atoms with Crippen LogP contribution >= 0.6 is 0 Å². The molecule has 1 aromatic carbocycles. The van der Waals surface area contributed by atoms with Crippen LogP contribution in [0.15, 0.2) is 24.3 Å². The van der Waals surface area contributed by atoms with Crippen molar-refractivity contribution in [3.8, 4) is 5.75 Å². The largest absolute Gasteiger partial charge is 0.496 e. The molecule has 0 radical (unpaired) electrons. The molecule has 20 heavy (non-hydrogen) atoms. The summed E-state index contributed by atoms with van der Waals surface area (Å²) in [6.45, 7) is 1.27. The van der Waals surface area contributed by atoms with Gasteiger partial charge in [-0.25, -0.2) is 0 Å². The van der Waals surface area contributed by atoms with E-state index in [2.05, 4.69) is 5.32 Å². The number of amides is 2. The van der Waals surface area contributed by atoms with Crippen LogP contribution in [0.25, 0.3) is 0 Å². The Morgan fingerprint density at radius 3 is 2.65 bits per heavy atom. The first-order chi connectivity index (χ1) is 9.43. The third-order valence-electron chi connectivity index (χ3n) is 2.60. The molecule has 0 aliphatic heterocycles. The first-order valence-corrected chi connectivity index (χ1v) is 6.03. The fraction of sp³-hybridized carbons (Fsp3) is 0.385. The van der Waals surface area contributed by atoms with Crippen LogP contribution in [0.1, 0.15) is 23.7 Å². The molecule has 2 amide bonds. The van der Waals surface area contributed by atoms with Gasteiger partial charge in [0.2, 0.25) is 12.5 Å². The SMILES string of the molecule is COc1ccccc1C(=O)NC(=O)C[C@H](C)C[N+](=O)[O-]. The Labute approximate surface area is 116 Å². The minimum atomic E-state index is -0.583. The first kappa shape index (κ1) is 15.6. The molecule has 0 fully saturated rings. The summed E-state index contributed by atoms with van der Waals surface area (Å²) in [5.41, 5.74) is 0.241. The Hall–Kier alpha value is -2.44. The fourth-order valence-electron chi connectivity index (χ4n) is 1.71. The number of ether oxygens (including phenoxy) is 1. The van der Waals surface area contributed by atoms with Crippen molar-refractivity contribution in [1.82, 2.24) is 5.32 Å². The smallest absolute Gasteiger partial charge is 0.261 e. The second-order valence-electron chi connectivity index (χ2n) is 4.40. The van der Waals surface area contributed by atoms with Gasteiger partial charge in [0.15, 0.2) is 0 Å². The van der Waals surface area contributed by atoms with Crippen LogP contribution in [-0.2, 0) is 4.79 Å². The summed E-state index contributed by atoms with van der Waals surface area (Å²) >= 11 is 0. The van der Waals surface area contributed by atoms with E-state index < -0.39 is 22.7 Å². The maximum atomic E-state index is 11.9. The van der Waals surface area contributed by atoms with E-state index in [4.69, 9.17) is 4.74 Å². The highest BCUT2D eigenvalue weighted by Crippen LogP contribution is 2.16. The van der Waals surface area contributed by atoms with Crippen molar-refractivity contribution in [2.45, 2.75) is 13.3 Å². The molecule has 0 unspecified atom stereocenters. The molecule has 1 atom stereocenters. The van der Waals surface area contributed by atoms with Gasteiger partial charge in [-0.05, 0) is 12.1 Å².